The second-order valence-electron chi connectivity index (χ2n) is 5.32. The first kappa shape index (κ1) is 14.4. The molecule has 1 N–H and O–H groups in total. The Balaban J connectivity index is 1.52. The molecule has 108 valence electrons. The molecular weight excluding hydrogens is 284 g/mol. The molecule has 1 fully saturated rings. The lowest BCUT2D eigenvalue weighted by Gasteiger charge is -2.26. The van der Waals surface area contributed by atoms with Gasteiger partial charge in [0, 0.05) is 53.3 Å². The van der Waals surface area contributed by atoms with E-state index in [0.29, 0.717) is 6.04 Å². The van der Waals surface area contributed by atoms with Crippen molar-refractivity contribution in [1.82, 2.24) is 10.2 Å². The highest BCUT2D eigenvalue weighted by Crippen LogP contribution is 2.29. The monoisotopic (exact) mass is 306 g/mol. The van der Waals surface area contributed by atoms with Crippen molar-refractivity contribution in [2.75, 3.05) is 37.7 Å². The van der Waals surface area contributed by atoms with Crippen LogP contribution in [0.4, 0.5) is 0 Å². The molecular formula is C16H22N2S2. The van der Waals surface area contributed by atoms with Gasteiger partial charge >= 0.3 is 0 Å². The highest BCUT2D eigenvalue weighted by Gasteiger charge is 2.12. The van der Waals surface area contributed by atoms with Crippen LogP contribution in [-0.4, -0.2) is 42.6 Å². The lowest BCUT2D eigenvalue weighted by Crippen LogP contribution is -2.38. The Labute approximate surface area is 129 Å². The first-order valence-electron chi connectivity index (χ1n) is 7.35. The van der Waals surface area contributed by atoms with Gasteiger partial charge in [0.2, 0.25) is 0 Å². The Hall–Kier alpha value is -0.550. The standard InChI is InChI=1S/C16H22N2S2/c1-13(17-6-7-18-8-10-19-11-9-18)16-12-14-4-2-3-5-15(14)20-16/h2-5,12-13,17H,6-11H2,1H3. The van der Waals surface area contributed by atoms with Crippen LogP contribution in [0.5, 0.6) is 0 Å². The Morgan fingerprint density at radius 1 is 1.25 bits per heavy atom. The Morgan fingerprint density at radius 3 is 2.85 bits per heavy atom. The minimum absolute atomic E-state index is 0.451. The van der Waals surface area contributed by atoms with Crippen LogP contribution in [0, 0.1) is 0 Å². The maximum atomic E-state index is 3.67. The fraction of sp³-hybridized carbons (Fsp3) is 0.500. The number of rotatable bonds is 5. The number of hydrogen-bond donors (Lipinski definition) is 1. The molecule has 1 aromatic carbocycles. The van der Waals surface area contributed by atoms with E-state index in [4.69, 9.17) is 0 Å². The van der Waals surface area contributed by atoms with Crippen molar-refractivity contribution in [3.05, 3.63) is 35.2 Å². The first-order valence-corrected chi connectivity index (χ1v) is 9.32. The van der Waals surface area contributed by atoms with Crippen LogP contribution in [0.2, 0.25) is 0 Å². The summed E-state index contributed by atoms with van der Waals surface area (Å²) in [7, 11) is 0. The number of nitrogens with one attached hydrogen (secondary N) is 1. The molecule has 20 heavy (non-hydrogen) atoms. The average Bonchev–Trinajstić information content (AvgIpc) is 2.92. The summed E-state index contributed by atoms with van der Waals surface area (Å²) in [5.74, 6) is 2.59. The van der Waals surface area contributed by atoms with Crippen molar-refractivity contribution >= 4 is 33.2 Å². The predicted molar refractivity (Wildman–Crippen MR) is 92.0 cm³/mol. The van der Waals surface area contributed by atoms with Gasteiger partial charge in [0.15, 0.2) is 0 Å². The van der Waals surface area contributed by atoms with Crippen LogP contribution < -0.4 is 5.32 Å². The number of thiophene rings is 1. The molecule has 0 bridgehead atoms. The van der Waals surface area contributed by atoms with E-state index >= 15 is 0 Å². The molecule has 2 nitrogen and oxygen atoms in total. The SMILES string of the molecule is CC(NCCN1CCSCC1)c1cc2ccccc2s1. The minimum Gasteiger partial charge on any atom is -0.308 e. The molecule has 0 spiro atoms. The summed E-state index contributed by atoms with van der Waals surface area (Å²) in [5, 5.41) is 5.04. The molecule has 0 radical (unpaired) electrons. The molecule has 4 heteroatoms. The third kappa shape index (κ3) is 3.55. The summed E-state index contributed by atoms with van der Waals surface area (Å²) in [6, 6.07) is 11.4. The third-order valence-corrected chi connectivity index (χ3v) is 6.09. The molecule has 2 aromatic rings. The van der Waals surface area contributed by atoms with Crippen molar-refractivity contribution < 1.29 is 0 Å². The topological polar surface area (TPSA) is 15.3 Å². The van der Waals surface area contributed by atoms with E-state index in [1.165, 1.54) is 46.1 Å². The van der Waals surface area contributed by atoms with Crippen LogP contribution in [-0.2, 0) is 0 Å². The van der Waals surface area contributed by atoms with E-state index in [2.05, 4.69) is 59.2 Å². The first-order chi connectivity index (χ1) is 9.83. The van der Waals surface area contributed by atoms with Gasteiger partial charge in [0.05, 0.1) is 0 Å². The minimum atomic E-state index is 0.451. The molecule has 3 rings (SSSR count). The molecule has 0 amide bonds. The van der Waals surface area contributed by atoms with Crippen LogP contribution in [0.3, 0.4) is 0 Å². The predicted octanol–water partition coefficient (Wildman–Crippen LogP) is 3.60. The van der Waals surface area contributed by atoms with E-state index in [-0.39, 0.29) is 0 Å². The number of fused-ring (bicyclic) bond motifs is 1. The molecule has 0 aliphatic carbocycles. The van der Waals surface area contributed by atoms with Gasteiger partial charge < -0.3 is 10.2 Å². The summed E-state index contributed by atoms with van der Waals surface area (Å²) in [6.07, 6.45) is 0. The van der Waals surface area contributed by atoms with Gasteiger partial charge in [-0.2, -0.15) is 11.8 Å². The summed E-state index contributed by atoms with van der Waals surface area (Å²) in [5.41, 5.74) is 0. The third-order valence-electron chi connectivity index (χ3n) is 3.85. The van der Waals surface area contributed by atoms with Crippen molar-refractivity contribution in [3.8, 4) is 0 Å². The van der Waals surface area contributed by atoms with Gasteiger partial charge in [-0.3, -0.25) is 0 Å². The number of hydrogen-bond acceptors (Lipinski definition) is 4. The molecule has 1 aromatic heterocycles. The zero-order chi connectivity index (χ0) is 13.8. The van der Waals surface area contributed by atoms with E-state index in [0.717, 1.165) is 6.54 Å². The second kappa shape index (κ2) is 6.94. The van der Waals surface area contributed by atoms with E-state index in [1.807, 2.05) is 11.3 Å². The summed E-state index contributed by atoms with van der Waals surface area (Å²) in [6.45, 7) is 7.04. The van der Waals surface area contributed by atoms with Gasteiger partial charge in [-0.1, -0.05) is 18.2 Å². The highest BCUT2D eigenvalue weighted by molar-refractivity contribution is 7.99. The lowest BCUT2D eigenvalue weighted by atomic mass is 10.2. The largest absolute Gasteiger partial charge is 0.308 e. The Morgan fingerprint density at radius 2 is 2.05 bits per heavy atom. The second-order valence-corrected chi connectivity index (χ2v) is 7.66. The molecule has 1 aliphatic rings. The Kier molecular flexibility index (Phi) is 4.99. The Bertz CT molecular complexity index is 513. The molecule has 1 saturated heterocycles. The maximum Gasteiger partial charge on any atom is 0.0386 e. The van der Waals surface area contributed by atoms with Crippen LogP contribution in [0.15, 0.2) is 30.3 Å². The molecule has 2 heterocycles. The lowest BCUT2D eigenvalue weighted by molar-refractivity contribution is 0.297. The van der Waals surface area contributed by atoms with E-state index in [1.54, 1.807) is 0 Å². The van der Waals surface area contributed by atoms with Crippen LogP contribution in [0.25, 0.3) is 10.1 Å². The van der Waals surface area contributed by atoms with Crippen LogP contribution in [0.1, 0.15) is 17.8 Å². The average molecular weight is 306 g/mol. The highest BCUT2D eigenvalue weighted by atomic mass is 32.2. The zero-order valence-electron chi connectivity index (χ0n) is 12.0. The molecule has 1 atom stereocenters. The van der Waals surface area contributed by atoms with E-state index in [9.17, 15) is 0 Å². The van der Waals surface area contributed by atoms with Crippen molar-refractivity contribution in [2.24, 2.45) is 0 Å². The van der Waals surface area contributed by atoms with E-state index < -0.39 is 0 Å². The molecule has 1 unspecified atom stereocenters. The van der Waals surface area contributed by atoms with Gasteiger partial charge in [-0.25, -0.2) is 0 Å². The summed E-state index contributed by atoms with van der Waals surface area (Å²) >= 11 is 3.99. The number of thioether (sulfide) groups is 1. The molecule has 0 saturated carbocycles. The quantitative estimate of drug-likeness (QED) is 0.908. The molecule has 1 aliphatic heterocycles. The van der Waals surface area contributed by atoms with Gasteiger partial charge in [-0.15, -0.1) is 11.3 Å². The van der Waals surface area contributed by atoms with Crippen molar-refractivity contribution in [2.45, 2.75) is 13.0 Å². The fourth-order valence-corrected chi connectivity index (χ4v) is 4.65. The van der Waals surface area contributed by atoms with Gasteiger partial charge in [0.25, 0.3) is 0 Å². The van der Waals surface area contributed by atoms with Crippen molar-refractivity contribution in [1.29, 1.82) is 0 Å². The summed E-state index contributed by atoms with van der Waals surface area (Å²) in [4.78, 5) is 4.02. The maximum absolute atomic E-state index is 3.67. The normalized spacial score (nSPS) is 18.4. The smallest absolute Gasteiger partial charge is 0.0386 e. The van der Waals surface area contributed by atoms with Gasteiger partial charge in [-0.05, 0) is 24.4 Å². The number of benzene rings is 1. The zero-order valence-corrected chi connectivity index (χ0v) is 13.6. The van der Waals surface area contributed by atoms with Crippen molar-refractivity contribution in [3.63, 3.8) is 0 Å². The van der Waals surface area contributed by atoms with Crippen LogP contribution >= 0.6 is 23.1 Å². The van der Waals surface area contributed by atoms with Gasteiger partial charge in [0.1, 0.15) is 0 Å². The summed E-state index contributed by atoms with van der Waals surface area (Å²) < 4.78 is 1.39. The fourth-order valence-electron chi connectivity index (χ4n) is 2.58. The number of nitrogens with zero attached hydrogens (tertiary/aromatic N) is 1.